The fourth-order valence-electron chi connectivity index (χ4n) is 1.97. The topological polar surface area (TPSA) is 36.4 Å². The number of carbonyl (C=O) groups is 1. The number of nitrogens with zero attached hydrogens (tertiary/aromatic N) is 3. The second-order valence-corrected chi connectivity index (χ2v) is 5.45. The van der Waals surface area contributed by atoms with Gasteiger partial charge in [0.05, 0.1) is 0 Å². The predicted octanol–water partition coefficient (Wildman–Crippen LogP) is 3.07. The summed E-state index contributed by atoms with van der Waals surface area (Å²) in [5, 5.41) is 0.324. The van der Waals surface area contributed by atoms with Crippen LogP contribution < -0.4 is 4.90 Å². The second-order valence-electron chi connectivity index (χ2n) is 5.07. The van der Waals surface area contributed by atoms with Gasteiger partial charge in [-0.1, -0.05) is 29.8 Å². The Morgan fingerprint density at radius 1 is 1.10 bits per heavy atom. The fraction of sp³-hybridized carbons (Fsp3) is 0.250. The highest BCUT2D eigenvalue weighted by molar-refractivity contribution is 6.29. The van der Waals surface area contributed by atoms with E-state index in [1.807, 2.05) is 43.3 Å². The molecule has 4 nitrogen and oxygen atoms in total. The van der Waals surface area contributed by atoms with Crippen LogP contribution in [0.4, 0.5) is 5.69 Å². The standard InChI is InChI=1S/C16H18ClN3O/c1-19(2)13-9-7-12(8-10-13)11-20(3)16(21)14-5-4-6-15(17)18-14/h4-10H,11H2,1-3H3. The van der Waals surface area contributed by atoms with Crippen LogP contribution in [0.1, 0.15) is 16.1 Å². The van der Waals surface area contributed by atoms with Gasteiger partial charge in [-0.15, -0.1) is 0 Å². The molecule has 0 saturated carbocycles. The maximum Gasteiger partial charge on any atom is 0.272 e. The Bertz CT molecular complexity index is 626. The number of hydrogen-bond donors (Lipinski definition) is 0. The van der Waals surface area contributed by atoms with Gasteiger partial charge in [0.15, 0.2) is 0 Å². The van der Waals surface area contributed by atoms with Crippen molar-refractivity contribution < 1.29 is 4.79 Å². The summed E-state index contributed by atoms with van der Waals surface area (Å²) in [7, 11) is 5.75. The van der Waals surface area contributed by atoms with Crippen molar-refractivity contribution in [1.29, 1.82) is 0 Å². The van der Waals surface area contributed by atoms with Gasteiger partial charge in [-0.25, -0.2) is 4.98 Å². The summed E-state index contributed by atoms with van der Waals surface area (Å²) in [4.78, 5) is 20.0. The van der Waals surface area contributed by atoms with Crippen LogP contribution >= 0.6 is 11.6 Å². The number of benzene rings is 1. The molecule has 21 heavy (non-hydrogen) atoms. The minimum Gasteiger partial charge on any atom is -0.378 e. The van der Waals surface area contributed by atoms with Crippen LogP contribution in [-0.4, -0.2) is 36.9 Å². The van der Waals surface area contributed by atoms with Crippen molar-refractivity contribution in [2.75, 3.05) is 26.0 Å². The summed E-state index contributed by atoms with van der Waals surface area (Å²) in [6.45, 7) is 0.529. The molecule has 2 aromatic rings. The van der Waals surface area contributed by atoms with Gasteiger partial charge >= 0.3 is 0 Å². The lowest BCUT2D eigenvalue weighted by molar-refractivity contribution is 0.0779. The largest absolute Gasteiger partial charge is 0.378 e. The number of pyridine rings is 1. The van der Waals surface area contributed by atoms with Crippen molar-refractivity contribution >= 4 is 23.2 Å². The van der Waals surface area contributed by atoms with Crippen LogP contribution in [0.2, 0.25) is 5.15 Å². The quantitative estimate of drug-likeness (QED) is 0.815. The minimum absolute atomic E-state index is 0.144. The van der Waals surface area contributed by atoms with Gasteiger partial charge in [-0.3, -0.25) is 4.79 Å². The van der Waals surface area contributed by atoms with Gasteiger partial charge in [0.1, 0.15) is 10.8 Å². The van der Waals surface area contributed by atoms with Crippen molar-refractivity contribution in [2.45, 2.75) is 6.54 Å². The zero-order valence-corrected chi connectivity index (χ0v) is 13.1. The SMILES string of the molecule is CN(Cc1ccc(N(C)C)cc1)C(=O)c1cccc(Cl)n1. The number of anilines is 1. The van der Waals surface area contributed by atoms with E-state index in [1.165, 1.54) is 0 Å². The molecule has 1 aromatic carbocycles. The van der Waals surface area contributed by atoms with E-state index in [0.717, 1.165) is 11.3 Å². The molecule has 1 amide bonds. The first kappa shape index (κ1) is 15.3. The monoisotopic (exact) mass is 303 g/mol. The van der Waals surface area contributed by atoms with Gasteiger partial charge in [-0.05, 0) is 29.8 Å². The van der Waals surface area contributed by atoms with E-state index in [2.05, 4.69) is 4.98 Å². The van der Waals surface area contributed by atoms with Crippen molar-refractivity contribution in [3.63, 3.8) is 0 Å². The molecule has 0 unspecified atom stereocenters. The smallest absolute Gasteiger partial charge is 0.272 e. The maximum absolute atomic E-state index is 12.3. The first-order valence-electron chi connectivity index (χ1n) is 6.61. The van der Waals surface area contributed by atoms with Crippen LogP contribution in [0.5, 0.6) is 0 Å². The van der Waals surface area contributed by atoms with Gasteiger partial charge in [0.25, 0.3) is 5.91 Å². The molecule has 0 spiro atoms. The lowest BCUT2D eigenvalue weighted by Crippen LogP contribution is -2.27. The number of carbonyl (C=O) groups excluding carboxylic acids is 1. The third-order valence-electron chi connectivity index (χ3n) is 3.15. The van der Waals surface area contributed by atoms with E-state index in [9.17, 15) is 4.79 Å². The van der Waals surface area contributed by atoms with Crippen LogP contribution in [0.25, 0.3) is 0 Å². The molecule has 0 atom stereocenters. The lowest BCUT2D eigenvalue weighted by Gasteiger charge is -2.18. The summed E-state index contributed by atoms with van der Waals surface area (Å²) in [6, 6.07) is 13.1. The Balaban J connectivity index is 2.07. The molecule has 5 heteroatoms. The van der Waals surface area contributed by atoms with Crippen LogP contribution in [0.3, 0.4) is 0 Å². The average Bonchev–Trinajstić information content (AvgIpc) is 2.47. The Kier molecular flexibility index (Phi) is 4.81. The fourth-order valence-corrected chi connectivity index (χ4v) is 2.13. The molecule has 1 aromatic heterocycles. The summed E-state index contributed by atoms with van der Waals surface area (Å²) >= 11 is 5.81. The van der Waals surface area contributed by atoms with E-state index in [4.69, 9.17) is 11.6 Å². The first-order valence-corrected chi connectivity index (χ1v) is 6.99. The normalized spacial score (nSPS) is 10.3. The van der Waals surface area contributed by atoms with Gasteiger partial charge in [0, 0.05) is 33.4 Å². The Labute approximate surface area is 130 Å². The molecular formula is C16H18ClN3O. The highest BCUT2D eigenvalue weighted by Crippen LogP contribution is 2.14. The number of amides is 1. The highest BCUT2D eigenvalue weighted by Gasteiger charge is 2.13. The number of rotatable bonds is 4. The van der Waals surface area contributed by atoms with E-state index < -0.39 is 0 Å². The molecule has 0 radical (unpaired) electrons. The zero-order valence-electron chi connectivity index (χ0n) is 12.4. The van der Waals surface area contributed by atoms with E-state index >= 15 is 0 Å². The molecule has 110 valence electrons. The summed E-state index contributed by atoms with van der Waals surface area (Å²) in [6.07, 6.45) is 0. The zero-order chi connectivity index (χ0) is 15.4. The second kappa shape index (κ2) is 6.59. The number of halogens is 1. The van der Waals surface area contributed by atoms with Crippen molar-refractivity contribution in [3.05, 3.63) is 58.9 Å². The van der Waals surface area contributed by atoms with Gasteiger partial charge < -0.3 is 9.80 Å². The summed E-state index contributed by atoms with van der Waals surface area (Å²) < 4.78 is 0. The molecule has 2 rings (SSSR count). The van der Waals surface area contributed by atoms with Crippen molar-refractivity contribution in [3.8, 4) is 0 Å². The summed E-state index contributed by atoms with van der Waals surface area (Å²) in [5.74, 6) is -0.144. The van der Waals surface area contributed by atoms with Crippen LogP contribution in [0.15, 0.2) is 42.5 Å². The third-order valence-corrected chi connectivity index (χ3v) is 3.36. The van der Waals surface area contributed by atoms with E-state index in [-0.39, 0.29) is 5.91 Å². The molecule has 1 heterocycles. The Hall–Kier alpha value is -2.07. The van der Waals surface area contributed by atoms with Crippen molar-refractivity contribution in [1.82, 2.24) is 9.88 Å². The molecule has 0 fully saturated rings. The molecule has 0 aliphatic rings. The third kappa shape index (κ3) is 3.95. The van der Waals surface area contributed by atoms with E-state index in [0.29, 0.717) is 17.4 Å². The predicted molar refractivity (Wildman–Crippen MR) is 85.8 cm³/mol. The number of hydrogen-bond acceptors (Lipinski definition) is 3. The Morgan fingerprint density at radius 3 is 2.33 bits per heavy atom. The molecule has 0 bridgehead atoms. The first-order chi connectivity index (χ1) is 9.97. The van der Waals surface area contributed by atoms with E-state index in [1.54, 1.807) is 30.1 Å². The number of aromatic nitrogens is 1. The molecule has 0 aliphatic heterocycles. The lowest BCUT2D eigenvalue weighted by atomic mass is 10.2. The van der Waals surface area contributed by atoms with Gasteiger partial charge in [0.2, 0.25) is 0 Å². The molecular weight excluding hydrogens is 286 g/mol. The highest BCUT2D eigenvalue weighted by atomic mass is 35.5. The van der Waals surface area contributed by atoms with Crippen LogP contribution in [-0.2, 0) is 6.54 Å². The minimum atomic E-state index is -0.144. The van der Waals surface area contributed by atoms with Crippen molar-refractivity contribution in [2.24, 2.45) is 0 Å². The maximum atomic E-state index is 12.3. The van der Waals surface area contributed by atoms with Gasteiger partial charge in [-0.2, -0.15) is 0 Å². The molecule has 0 aliphatic carbocycles. The van der Waals surface area contributed by atoms with Crippen LogP contribution in [0, 0.1) is 0 Å². The average molecular weight is 304 g/mol. The Morgan fingerprint density at radius 2 is 1.76 bits per heavy atom. The molecule has 0 saturated heterocycles. The molecule has 0 N–H and O–H groups in total. The summed E-state index contributed by atoms with van der Waals surface area (Å²) in [5.41, 5.74) is 2.55.